The molecule has 2 aromatic rings. The van der Waals surface area contributed by atoms with Gasteiger partial charge in [-0.2, -0.15) is 0 Å². The van der Waals surface area contributed by atoms with E-state index in [-0.39, 0.29) is 24.1 Å². The number of carbonyl (C=O) groups is 3. The molecule has 8 nitrogen and oxygen atoms in total. The van der Waals surface area contributed by atoms with Crippen LogP contribution in [0.15, 0.2) is 36.4 Å². The summed E-state index contributed by atoms with van der Waals surface area (Å²) in [5.74, 6) is 0.587. The predicted molar refractivity (Wildman–Crippen MR) is 119 cm³/mol. The third-order valence-electron chi connectivity index (χ3n) is 5.34. The van der Waals surface area contributed by atoms with E-state index >= 15 is 0 Å². The Balaban J connectivity index is 1.76. The first-order valence-corrected chi connectivity index (χ1v) is 10.4. The highest BCUT2D eigenvalue weighted by molar-refractivity contribution is 6.36. The number of benzene rings is 2. The number of amides is 1. The van der Waals surface area contributed by atoms with Crippen LogP contribution in [0.4, 0.5) is 5.69 Å². The van der Waals surface area contributed by atoms with E-state index in [1.54, 1.807) is 24.3 Å². The molecular weight excluding hydrogens is 412 g/mol. The molecule has 4 rings (SSSR count). The lowest BCUT2D eigenvalue weighted by molar-refractivity contribution is -0.140. The van der Waals surface area contributed by atoms with Crippen LogP contribution in [0.1, 0.15) is 41.3 Å². The van der Waals surface area contributed by atoms with Crippen LogP contribution in [0.3, 0.4) is 0 Å². The van der Waals surface area contributed by atoms with Gasteiger partial charge in [-0.15, -0.1) is 0 Å². The average Bonchev–Trinajstić information content (AvgIpc) is 3.13. The van der Waals surface area contributed by atoms with Gasteiger partial charge in [0.2, 0.25) is 0 Å². The first-order chi connectivity index (χ1) is 15.5. The zero-order valence-corrected chi connectivity index (χ0v) is 17.9. The number of carbonyl (C=O) groups excluding carboxylic acids is 3. The SMILES string of the molecule is COC(=O)CCCN/C(=C1\C(=O)Nc2ccc(C(C)=O)cc21)c1ccc2c(c1)OCCO2. The molecule has 0 aliphatic carbocycles. The van der Waals surface area contributed by atoms with E-state index in [2.05, 4.69) is 10.6 Å². The predicted octanol–water partition coefficient (Wildman–Crippen LogP) is 3.02. The lowest BCUT2D eigenvalue weighted by atomic mass is 9.97. The summed E-state index contributed by atoms with van der Waals surface area (Å²) in [6, 6.07) is 10.6. The summed E-state index contributed by atoms with van der Waals surface area (Å²) in [4.78, 5) is 36.4. The van der Waals surface area contributed by atoms with Crippen LogP contribution >= 0.6 is 0 Å². The van der Waals surface area contributed by atoms with Gasteiger partial charge in [0.05, 0.1) is 18.4 Å². The molecule has 0 saturated heterocycles. The van der Waals surface area contributed by atoms with Crippen LogP contribution in [-0.2, 0) is 14.3 Å². The maximum atomic E-state index is 13.0. The first-order valence-electron chi connectivity index (χ1n) is 10.4. The van der Waals surface area contributed by atoms with Crippen LogP contribution in [0.25, 0.3) is 11.3 Å². The average molecular weight is 436 g/mol. The molecule has 0 saturated carbocycles. The molecule has 32 heavy (non-hydrogen) atoms. The summed E-state index contributed by atoms with van der Waals surface area (Å²) in [6.07, 6.45) is 0.778. The molecule has 2 N–H and O–H groups in total. The molecule has 2 aromatic carbocycles. The fourth-order valence-corrected chi connectivity index (χ4v) is 3.72. The topological polar surface area (TPSA) is 103 Å². The second-order valence-electron chi connectivity index (χ2n) is 7.49. The number of nitrogens with one attached hydrogen (secondary N) is 2. The highest BCUT2D eigenvalue weighted by atomic mass is 16.6. The van der Waals surface area contributed by atoms with Gasteiger partial charge in [0, 0.05) is 35.3 Å². The molecule has 2 heterocycles. The fraction of sp³-hybridized carbons (Fsp3) is 0.292. The van der Waals surface area contributed by atoms with Crippen molar-refractivity contribution in [2.24, 2.45) is 0 Å². The van der Waals surface area contributed by atoms with Crippen LogP contribution in [0.5, 0.6) is 11.5 Å². The number of hydrogen-bond acceptors (Lipinski definition) is 7. The minimum absolute atomic E-state index is 0.0848. The molecule has 0 unspecified atom stereocenters. The van der Waals surface area contributed by atoms with Crippen LogP contribution in [-0.4, -0.2) is 44.5 Å². The van der Waals surface area contributed by atoms with E-state index in [9.17, 15) is 14.4 Å². The minimum Gasteiger partial charge on any atom is -0.486 e. The molecule has 2 aliphatic rings. The van der Waals surface area contributed by atoms with Crippen molar-refractivity contribution < 1.29 is 28.6 Å². The molecule has 1 amide bonds. The molecule has 2 aliphatic heterocycles. The van der Waals surface area contributed by atoms with Gasteiger partial charge < -0.3 is 24.8 Å². The quantitative estimate of drug-likeness (QED) is 0.298. The van der Waals surface area contributed by atoms with Crippen molar-refractivity contribution in [3.63, 3.8) is 0 Å². The zero-order chi connectivity index (χ0) is 22.7. The Morgan fingerprint density at radius 1 is 1.06 bits per heavy atom. The molecule has 0 bridgehead atoms. The molecule has 0 spiro atoms. The summed E-state index contributed by atoms with van der Waals surface area (Å²) in [6.45, 7) is 2.86. The largest absolute Gasteiger partial charge is 0.486 e. The number of ketones is 1. The Labute approximate surface area is 185 Å². The van der Waals surface area contributed by atoms with E-state index in [0.717, 1.165) is 5.56 Å². The van der Waals surface area contributed by atoms with Gasteiger partial charge in [0.15, 0.2) is 17.3 Å². The first kappa shape index (κ1) is 21.4. The highest BCUT2D eigenvalue weighted by Gasteiger charge is 2.29. The van der Waals surface area contributed by atoms with Crippen LogP contribution in [0, 0.1) is 0 Å². The van der Waals surface area contributed by atoms with E-state index in [4.69, 9.17) is 14.2 Å². The number of methoxy groups -OCH3 is 1. The van der Waals surface area contributed by atoms with Gasteiger partial charge in [-0.1, -0.05) is 0 Å². The Bertz CT molecular complexity index is 1120. The molecule has 0 fully saturated rings. The summed E-state index contributed by atoms with van der Waals surface area (Å²) in [5, 5.41) is 6.18. The summed E-state index contributed by atoms with van der Waals surface area (Å²) >= 11 is 0. The number of rotatable bonds is 7. The Kier molecular flexibility index (Phi) is 6.11. The molecule has 0 aromatic heterocycles. The fourth-order valence-electron chi connectivity index (χ4n) is 3.72. The van der Waals surface area contributed by atoms with Gasteiger partial charge in [0.1, 0.15) is 13.2 Å². The Hall–Kier alpha value is -3.81. The van der Waals surface area contributed by atoms with Crippen molar-refractivity contribution in [1.82, 2.24) is 5.32 Å². The number of anilines is 1. The number of ether oxygens (including phenoxy) is 3. The minimum atomic E-state index is -0.296. The summed E-state index contributed by atoms with van der Waals surface area (Å²) in [5.41, 5.74) is 3.56. The van der Waals surface area contributed by atoms with Gasteiger partial charge in [-0.05, 0) is 49.7 Å². The van der Waals surface area contributed by atoms with Crippen molar-refractivity contribution >= 4 is 34.6 Å². The van der Waals surface area contributed by atoms with Crippen LogP contribution in [0.2, 0.25) is 0 Å². The Morgan fingerprint density at radius 3 is 2.56 bits per heavy atom. The number of esters is 1. The number of Topliss-reactive ketones (excluding diaryl/α,β-unsaturated/α-hetero) is 1. The van der Waals surface area contributed by atoms with E-state index in [1.807, 2.05) is 12.1 Å². The third kappa shape index (κ3) is 4.30. The smallest absolute Gasteiger partial charge is 0.305 e. The molecule has 0 radical (unpaired) electrons. The van der Waals surface area contributed by atoms with Crippen molar-refractivity contribution in [3.05, 3.63) is 53.1 Å². The second-order valence-corrected chi connectivity index (χ2v) is 7.49. The van der Waals surface area contributed by atoms with Gasteiger partial charge in [-0.25, -0.2) is 0 Å². The summed E-state index contributed by atoms with van der Waals surface area (Å²) < 4.78 is 16.0. The van der Waals surface area contributed by atoms with Gasteiger partial charge in [-0.3, -0.25) is 14.4 Å². The van der Waals surface area contributed by atoms with Crippen LogP contribution < -0.4 is 20.1 Å². The van der Waals surface area contributed by atoms with E-state index < -0.39 is 0 Å². The van der Waals surface area contributed by atoms with E-state index in [1.165, 1.54) is 14.0 Å². The monoisotopic (exact) mass is 436 g/mol. The molecular formula is C24H24N2O6. The number of hydrogen-bond donors (Lipinski definition) is 2. The highest BCUT2D eigenvalue weighted by Crippen LogP contribution is 2.39. The lowest BCUT2D eigenvalue weighted by Crippen LogP contribution is -2.20. The summed E-state index contributed by atoms with van der Waals surface area (Å²) in [7, 11) is 1.35. The van der Waals surface area contributed by atoms with Crippen molar-refractivity contribution in [1.29, 1.82) is 0 Å². The maximum Gasteiger partial charge on any atom is 0.305 e. The second kappa shape index (κ2) is 9.13. The van der Waals surface area contributed by atoms with Crippen molar-refractivity contribution in [2.45, 2.75) is 19.8 Å². The van der Waals surface area contributed by atoms with Crippen molar-refractivity contribution in [2.75, 3.05) is 32.2 Å². The lowest BCUT2D eigenvalue weighted by Gasteiger charge is -2.21. The van der Waals surface area contributed by atoms with Crippen molar-refractivity contribution in [3.8, 4) is 11.5 Å². The van der Waals surface area contributed by atoms with Gasteiger partial charge >= 0.3 is 5.97 Å². The Morgan fingerprint density at radius 2 is 1.81 bits per heavy atom. The zero-order valence-electron chi connectivity index (χ0n) is 17.9. The maximum absolute atomic E-state index is 13.0. The number of fused-ring (bicyclic) bond motifs is 2. The standard InChI is InChI=1S/C24H24N2O6/c1-14(27)15-5-7-18-17(12-15)22(24(29)26-18)23(25-9-3-4-21(28)30-2)16-6-8-19-20(13-16)32-11-10-31-19/h5-8,12-13,25H,3-4,9-11H2,1-2H3,(H,26,29)/b23-22-. The third-order valence-corrected chi connectivity index (χ3v) is 5.34. The normalized spacial score (nSPS) is 15.5. The van der Waals surface area contributed by atoms with Gasteiger partial charge in [0.25, 0.3) is 5.91 Å². The molecule has 0 atom stereocenters. The van der Waals surface area contributed by atoms with E-state index in [0.29, 0.717) is 65.8 Å². The molecule has 8 heteroatoms. The molecule has 166 valence electrons.